The average molecular weight is 362 g/mol. The second-order valence-electron chi connectivity index (χ2n) is 4.09. The predicted molar refractivity (Wildman–Crippen MR) is 38.6 cm³/mol. The van der Waals surface area contributed by atoms with Crippen molar-refractivity contribution in [3.8, 4) is 0 Å². The standard InChI is InChI=1S/C8F14/c9-2-1(5(11,12)13)3(6(14,15)16,7(17,18)19)4(2,10)8(20,21)22. The van der Waals surface area contributed by atoms with Gasteiger partial charge in [-0.2, -0.15) is 52.7 Å². The third kappa shape index (κ3) is 1.84. The molecule has 0 fully saturated rings. The van der Waals surface area contributed by atoms with E-state index in [4.69, 9.17) is 0 Å². The van der Waals surface area contributed by atoms with Gasteiger partial charge in [0.15, 0.2) is 5.83 Å². The van der Waals surface area contributed by atoms with Gasteiger partial charge >= 0.3 is 24.7 Å². The zero-order chi connectivity index (χ0) is 18.2. The summed E-state index contributed by atoms with van der Waals surface area (Å²) in [5.41, 5.74) is -18.3. The smallest absolute Gasteiger partial charge is 0.224 e. The molecule has 1 rings (SSSR count). The Morgan fingerprint density at radius 2 is 0.909 bits per heavy atom. The van der Waals surface area contributed by atoms with Crippen molar-refractivity contribution in [2.45, 2.75) is 30.4 Å². The van der Waals surface area contributed by atoms with Crippen LogP contribution in [0.3, 0.4) is 0 Å². The number of hydrogen-bond acceptors (Lipinski definition) is 0. The largest absolute Gasteiger partial charge is 0.430 e. The maximum atomic E-state index is 13.4. The van der Waals surface area contributed by atoms with E-state index < -0.39 is 47.2 Å². The van der Waals surface area contributed by atoms with Crippen LogP contribution in [0.4, 0.5) is 61.5 Å². The minimum absolute atomic E-state index is 4.22. The average Bonchev–Trinajstić information content (AvgIpc) is 2.15. The van der Waals surface area contributed by atoms with E-state index in [0.717, 1.165) is 0 Å². The molecule has 0 saturated heterocycles. The number of allylic oxidation sites excluding steroid dienone is 2. The van der Waals surface area contributed by atoms with Crippen molar-refractivity contribution in [3.05, 3.63) is 11.4 Å². The van der Waals surface area contributed by atoms with Gasteiger partial charge in [-0.25, -0.2) is 8.78 Å². The van der Waals surface area contributed by atoms with Crippen molar-refractivity contribution >= 4 is 0 Å². The van der Waals surface area contributed by atoms with E-state index in [1.165, 1.54) is 0 Å². The Bertz CT molecular complexity index is 481. The molecular formula is C8F14. The SMILES string of the molecule is FC1=C(C(F)(F)F)C(C(F)(F)F)(C(F)(F)F)C1(F)C(F)(F)F. The Kier molecular flexibility index (Phi) is 3.58. The molecule has 130 valence electrons. The van der Waals surface area contributed by atoms with Gasteiger partial charge in [0.25, 0.3) is 5.67 Å². The molecule has 0 radical (unpaired) electrons. The molecule has 0 bridgehead atoms. The molecule has 22 heavy (non-hydrogen) atoms. The van der Waals surface area contributed by atoms with Crippen LogP contribution in [0.1, 0.15) is 0 Å². The topological polar surface area (TPSA) is 0 Å². The van der Waals surface area contributed by atoms with Gasteiger partial charge in [-0.05, 0) is 0 Å². The molecule has 0 amide bonds. The fourth-order valence-electron chi connectivity index (χ4n) is 2.12. The summed E-state index contributed by atoms with van der Waals surface area (Å²) in [4.78, 5) is 0. The van der Waals surface area contributed by atoms with E-state index >= 15 is 0 Å². The molecule has 1 unspecified atom stereocenters. The van der Waals surface area contributed by atoms with Gasteiger partial charge in [0.2, 0.25) is 5.41 Å². The fourth-order valence-corrected chi connectivity index (χ4v) is 2.12. The Hall–Kier alpha value is -1.24. The normalized spacial score (nSPS) is 27.0. The van der Waals surface area contributed by atoms with Crippen LogP contribution in [0.5, 0.6) is 0 Å². The van der Waals surface area contributed by atoms with E-state index in [1.807, 2.05) is 0 Å². The monoisotopic (exact) mass is 362 g/mol. The summed E-state index contributed by atoms with van der Waals surface area (Å²) in [6.07, 6.45) is -29.0. The number of hydrogen-bond donors (Lipinski definition) is 0. The van der Waals surface area contributed by atoms with E-state index in [-0.39, 0.29) is 0 Å². The first-order valence-corrected chi connectivity index (χ1v) is 4.65. The summed E-state index contributed by atoms with van der Waals surface area (Å²) in [5, 5.41) is 0. The molecule has 14 heteroatoms. The Morgan fingerprint density at radius 1 is 0.591 bits per heavy atom. The highest BCUT2D eigenvalue weighted by Gasteiger charge is 2.98. The summed E-state index contributed by atoms with van der Waals surface area (Å²) in [7, 11) is 0. The van der Waals surface area contributed by atoms with Crippen molar-refractivity contribution < 1.29 is 61.5 Å². The molecule has 0 aromatic heterocycles. The molecule has 0 nitrogen and oxygen atoms in total. The molecule has 0 aliphatic heterocycles. The lowest BCUT2D eigenvalue weighted by Crippen LogP contribution is -2.76. The van der Waals surface area contributed by atoms with Crippen molar-refractivity contribution in [3.63, 3.8) is 0 Å². The highest BCUT2D eigenvalue weighted by Crippen LogP contribution is 2.77. The Balaban J connectivity index is 4.01. The first-order chi connectivity index (χ1) is 9.28. The van der Waals surface area contributed by atoms with Gasteiger partial charge in [0, 0.05) is 0 Å². The van der Waals surface area contributed by atoms with Gasteiger partial charge < -0.3 is 0 Å². The van der Waals surface area contributed by atoms with Crippen molar-refractivity contribution in [1.82, 2.24) is 0 Å². The summed E-state index contributed by atoms with van der Waals surface area (Å²) < 4.78 is 174. The van der Waals surface area contributed by atoms with Gasteiger partial charge in [-0.15, -0.1) is 0 Å². The van der Waals surface area contributed by atoms with Gasteiger partial charge in [-0.3, -0.25) is 0 Å². The van der Waals surface area contributed by atoms with E-state index in [2.05, 4.69) is 0 Å². The highest BCUT2D eigenvalue weighted by atomic mass is 19.4. The molecule has 0 aromatic carbocycles. The van der Waals surface area contributed by atoms with Crippen molar-refractivity contribution in [1.29, 1.82) is 0 Å². The molecule has 0 heterocycles. The zero-order valence-electron chi connectivity index (χ0n) is 9.29. The first kappa shape index (κ1) is 18.8. The van der Waals surface area contributed by atoms with E-state index in [9.17, 15) is 61.5 Å². The van der Waals surface area contributed by atoms with E-state index in [1.54, 1.807) is 0 Å². The third-order valence-electron chi connectivity index (χ3n) is 2.94. The molecule has 0 N–H and O–H groups in total. The van der Waals surface area contributed by atoms with Crippen LogP contribution in [-0.4, -0.2) is 30.4 Å². The molecule has 1 atom stereocenters. The van der Waals surface area contributed by atoms with Crippen LogP contribution < -0.4 is 0 Å². The maximum absolute atomic E-state index is 13.4. The molecule has 0 spiro atoms. The lowest BCUT2D eigenvalue weighted by Gasteiger charge is -2.54. The van der Waals surface area contributed by atoms with Gasteiger partial charge in [0.05, 0.1) is 5.57 Å². The van der Waals surface area contributed by atoms with Gasteiger partial charge in [-0.1, -0.05) is 0 Å². The van der Waals surface area contributed by atoms with Crippen molar-refractivity contribution in [2.75, 3.05) is 0 Å². The van der Waals surface area contributed by atoms with Crippen LogP contribution in [0, 0.1) is 5.41 Å². The Labute approximate surface area is 110 Å². The molecule has 1 aliphatic rings. The molecule has 0 saturated carbocycles. The quantitative estimate of drug-likeness (QED) is 0.522. The second-order valence-corrected chi connectivity index (χ2v) is 4.09. The second kappa shape index (κ2) is 4.19. The lowest BCUT2D eigenvalue weighted by molar-refractivity contribution is -0.424. The zero-order valence-corrected chi connectivity index (χ0v) is 9.29. The molecule has 0 aromatic rings. The van der Waals surface area contributed by atoms with Crippen molar-refractivity contribution in [2.24, 2.45) is 5.41 Å². The fraction of sp³-hybridized carbons (Fsp3) is 0.750. The van der Waals surface area contributed by atoms with Crippen LogP contribution in [-0.2, 0) is 0 Å². The van der Waals surface area contributed by atoms with Crippen LogP contribution >= 0.6 is 0 Å². The maximum Gasteiger partial charge on any atom is 0.430 e. The summed E-state index contributed by atoms with van der Waals surface area (Å²) in [6, 6.07) is 0. The summed E-state index contributed by atoms with van der Waals surface area (Å²) >= 11 is 0. The number of alkyl halides is 13. The summed E-state index contributed by atoms with van der Waals surface area (Å²) in [5.74, 6) is -4.22. The first-order valence-electron chi connectivity index (χ1n) is 4.65. The molecule has 1 aliphatic carbocycles. The van der Waals surface area contributed by atoms with E-state index in [0.29, 0.717) is 0 Å². The third-order valence-corrected chi connectivity index (χ3v) is 2.94. The predicted octanol–water partition coefficient (Wildman–Crippen LogP) is 5.17. The highest BCUT2D eigenvalue weighted by molar-refractivity contribution is 5.51. The van der Waals surface area contributed by atoms with Crippen LogP contribution in [0.2, 0.25) is 0 Å². The van der Waals surface area contributed by atoms with Gasteiger partial charge in [0.1, 0.15) is 0 Å². The minimum Gasteiger partial charge on any atom is -0.224 e. The number of halogens is 14. The summed E-state index contributed by atoms with van der Waals surface area (Å²) in [6.45, 7) is 0. The molecular weight excluding hydrogens is 362 g/mol. The lowest BCUT2D eigenvalue weighted by atomic mass is 9.55. The van der Waals surface area contributed by atoms with Crippen LogP contribution in [0.25, 0.3) is 0 Å². The number of rotatable bonds is 0. The Morgan fingerprint density at radius 3 is 1.09 bits per heavy atom. The minimum atomic E-state index is -7.46. The van der Waals surface area contributed by atoms with Crippen LogP contribution in [0.15, 0.2) is 11.4 Å².